The van der Waals surface area contributed by atoms with Gasteiger partial charge in [-0.1, -0.05) is 54.9 Å². The molecule has 0 radical (unpaired) electrons. The molecule has 0 aliphatic rings. The van der Waals surface area contributed by atoms with Gasteiger partial charge >= 0.3 is 0 Å². The lowest BCUT2D eigenvalue weighted by Crippen LogP contribution is -2.15. The highest BCUT2D eigenvalue weighted by Crippen LogP contribution is 2.27. The van der Waals surface area contributed by atoms with E-state index in [0.29, 0.717) is 5.41 Å². The summed E-state index contributed by atoms with van der Waals surface area (Å²) in [6, 6.07) is 0. The van der Waals surface area contributed by atoms with E-state index in [1.807, 2.05) is 13.8 Å². The zero-order valence-corrected chi connectivity index (χ0v) is 8.78. The normalized spacial score (nSPS) is 13.5. The van der Waals surface area contributed by atoms with E-state index in [1.54, 1.807) is 0 Å². The molecule has 0 rings (SSSR count). The van der Waals surface area contributed by atoms with Crippen molar-refractivity contribution in [2.75, 3.05) is 0 Å². The molecule has 0 bridgehead atoms. The summed E-state index contributed by atoms with van der Waals surface area (Å²) in [5.74, 6) is 0.850. The lowest BCUT2D eigenvalue weighted by molar-refractivity contribution is 0.254. The van der Waals surface area contributed by atoms with Crippen molar-refractivity contribution in [3.05, 3.63) is 0 Å². The van der Waals surface area contributed by atoms with Crippen molar-refractivity contribution in [1.82, 2.24) is 0 Å². The van der Waals surface area contributed by atoms with E-state index in [0.717, 1.165) is 5.92 Å². The molecule has 0 aromatic carbocycles. The van der Waals surface area contributed by atoms with Crippen LogP contribution in [0.5, 0.6) is 0 Å². The molecule has 0 fully saturated rings. The molecule has 0 aromatic rings. The standard InChI is InChI=1S/C8H18.C2H6/c1-6-7(2)8(3,4)5;1-2/h7H,6H2,1-5H3;1-2H3. The SMILES string of the molecule is CC.CCC(C)C(C)(C)C. The maximum absolute atomic E-state index is 2.31. The molecule has 0 N–H and O–H groups in total. The van der Waals surface area contributed by atoms with Crippen molar-refractivity contribution < 1.29 is 0 Å². The van der Waals surface area contributed by atoms with Crippen LogP contribution >= 0.6 is 0 Å². The third-order valence-corrected chi connectivity index (χ3v) is 2.09. The third-order valence-electron chi connectivity index (χ3n) is 2.09. The second-order valence-electron chi connectivity index (χ2n) is 3.68. The van der Waals surface area contributed by atoms with E-state index in [2.05, 4.69) is 34.6 Å². The molecule has 1 atom stereocenters. The number of hydrogen-bond acceptors (Lipinski definition) is 0. The van der Waals surface area contributed by atoms with Gasteiger partial charge in [0, 0.05) is 0 Å². The van der Waals surface area contributed by atoms with Crippen molar-refractivity contribution >= 4 is 0 Å². The summed E-state index contributed by atoms with van der Waals surface area (Å²) in [6.45, 7) is 15.4. The minimum absolute atomic E-state index is 0.509. The fraction of sp³-hybridized carbons (Fsp3) is 1.00. The first kappa shape index (κ1) is 12.7. The van der Waals surface area contributed by atoms with Crippen LogP contribution in [-0.4, -0.2) is 0 Å². The van der Waals surface area contributed by atoms with Crippen LogP contribution in [0, 0.1) is 11.3 Å². The van der Waals surface area contributed by atoms with E-state index >= 15 is 0 Å². The summed E-state index contributed by atoms with van der Waals surface area (Å²) in [5.41, 5.74) is 0.509. The van der Waals surface area contributed by atoms with Crippen molar-refractivity contribution in [3.8, 4) is 0 Å². The molecule has 0 aliphatic carbocycles. The minimum Gasteiger partial charge on any atom is -0.0683 e. The van der Waals surface area contributed by atoms with Gasteiger partial charge in [-0.25, -0.2) is 0 Å². The van der Waals surface area contributed by atoms with Gasteiger partial charge in [-0.2, -0.15) is 0 Å². The molecule has 0 heterocycles. The van der Waals surface area contributed by atoms with E-state index < -0.39 is 0 Å². The van der Waals surface area contributed by atoms with Gasteiger partial charge in [-0.3, -0.25) is 0 Å². The fourth-order valence-electron chi connectivity index (χ4n) is 0.612. The maximum Gasteiger partial charge on any atom is -0.0357 e. The molecule has 0 saturated carbocycles. The van der Waals surface area contributed by atoms with Gasteiger partial charge in [-0.15, -0.1) is 0 Å². The van der Waals surface area contributed by atoms with Crippen molar-refractivity contribution in [2.24, 2.45) is 11.3 Å². The molecule has 1 unspecified atom stereocenters. The average Bonchev–Trinajstić information content (AvgIpc) is 1.89. The highest BCUT2D eigenvalue weighted by Gasteiger charge is 2.16. The second kappa shape index (κ2) is 5.76. The van der Waals surface area contributed by atoms with Gasteiger partial charge in [0.25, 0.3) is 0 Å². The summed E-state index contributed by atoms with van der Waals surface area (Å²) in [7, 11) is 0. The van der Waals surface area contributed by atoms with Crippen molar-refractivity contribution in [2.45, 2.75) is 54.9 Å². The Bertz CT molecular complexity index is 56.9. The van der Waals surface area contributed by atoms with E-state index in [9.17, 15) is 0 Å². The summed E-state index contributed by atoms with van der Waals surface area (Å²) >= 11 is 0. The Kier molecular flexibility index (Phi) is 7.29. The van der Waals surface area contributed by atoms with Crippen molar-refractivity contribution in [1.29, 1.82) is 0 Å². The summed E-state index contributed by atoms with van der Waals surface area (Å²) in [4.78, 5) is 0. The Balaban J connectivity index is 0. The Morgan fingerprint density at radius 2 is 1.40 bits per heavy atom. The van der Waals surface area contributed by atoms with Crippen LogP contribution in [0.4, 0.5) is 0 Å². The van der Waals surface area contributed by atoms with Gasteiger partial charge in [0.05, 0.1) is 0 Å². The second-order valence-corrected chi connectivity index (χ2v) is 3.68. The van der Waals surface area contributed by atoms with Gasteiger partial charge in [-0.05, 0) is 11.3 Å². The maximum atomic E-state index is 2.31. The molecule has 0 heteroatoms. The summed E-state index contributed by atoms with van der Waals surface area (Å²) in [5, 5.41) is 0. The summed E-state index contributed by atoms with van der Waals surface area (Å²) < 4.78 is 0. The van der Waals surface area contributed by atoms with Gasteiger partial charge in [0.2, 0.25) is 0 Å². The lowest BCUT2D eigenvalue weighted by Gasteiger charge is -2.25. The van der Waals surface area contributed by atoms with Gasteiger partial charge in [0.15, 0.2) is 0 Å². The predicted molar refractivity (Wildman–Crippen MR) is 50.3 cm³/mol. The van der Waals surface area contributed by atoms with Crippen LogP contribution in [0.15, 0.2) is 0 Å². The Labute approximate surface area is 67.0 Å². The quantitative estimate of drug-likeness (QED) is 0.519. The highest BCUT2D eigenvalue weighted by atomic mass is 14.2. The molecule has 0 nitrogen and oxygen atoms in total. The molecule has 0 amide bonds. The van der Waals surface area contributed by atoms with E-state index in [1.165, 1.54) is 6.42 Å². The zero-order valence-electron chi connectivity index (χ0n) is 8.78. The van der Waals surface area contributed by atoms with Crippen LogP contribution in [0.2, 0.25) is 0 Å². The molecule has 0 aliphatic heterocycles. The first-order valence-electron chi connectivity index (χ1n) is 4.48. The van der Waals surface area contributed by atoms with Crippen LogP contribution in [0.3, 0.4) is 0 Å². The smallest absolute Gasteiger partial charge is 0.0357 e. The zero-order chi connectivity index (χ0) is 8.78. The molecule has 0 spiro atoms. The van der Waals surface area contributed by atoms with Gasteiger partial charge in [0.1, 0.15) is 0 Å². The monoisotopic (exact) mass is 144 g/mol. The average molecular weight is 144 g/mol. The van der Waals surface area contributed by atoms with Crippen LogP contribution in [0.1, 0.15) is 54.9 Å². The topological polar surface area (TPSA) is 0 Å². The highest BCUT2D eigenvalue weighted by molar-refractivity contribution is 4.67. The number of rotatable bonds is 1. The van der Waals surface area contributed by atoms with Gasteiger partial charge < -0.3 is 0 Å². The van der Waals surface area contributed by atoms with Crippen LogP contribution < -0.4 is 0 Å². The molecular weight excluding hydrogens is 120 g/mol. The Hall–Kier alpha value is 0. The molecular formula is C10H24. The van der Waals surface area contributed by atoms with E-state index in [-0.39, 0.29) is 0 Å². The minimum atomic E-state index is 0.509. The van der Waals surface area contributed by atoms with Crippen molar-refractivity contribution in [3.63, 3.8) is 0 Å². The first-order valence-corrected chi connectivity index (χ1v) is 4.48. The Morgan fingerprint density at radius 3 is 1.40 bits per heavy atom. The Morgan fingerprint density at radius 1 is 1.10 bits per heavy atom. The summed E-state index contributed by atoms with van der Waals surface area (Å²) in [6.07, 6.45) is 1.30. The lowest BCUT2D eigenvalue weighted by atomic mass is 9.81. The van der Waals surface area contributed by atoms with E-state index in [4.69, 9.17) is 0 Å². The molecule has 0 aromatic heterocycles. The predicted octanol–water partition coefficient (Wildman–Crippen LogP) is 4.10. The molecule has 0 saturated heterocycles. The molecule has 64 valence electrons. The largest absolute Gasteiger partial charge is 0.0683 e. The number of hydrogen-bond donors (Lipinski definition) is 0. The van der Waals surface area contributed by atoms with Crippen LogP contribution in [-0.2, 0) is 0 Å². The third kappa shape index (κ3) is 6.12. The first-order chi connectivity index (χ1) is 4.48. The molecule has 10 heavy (non-hydrogen) atoms. The fourth-order valence-corrected chi connectivity index (χ4v) is 0.612. The van der Waals surface area contributed by atoms with Crippen LogP contribution in [0.25, 0.3) is 0 Å².